The first-order valence-electron chi connectivity index (χ1n) is 19.5. The van der Waals surface area contributed by atoms with E-state index >= 15 is 0 Å². The highest BCUT2D eigenvalue weighted by molar-refractivity contribution is 5.80. The lowest BCUT2D eigenvalue weighted by molar-refractivity contribution is -0.302. The number of rotatable bonds is 30. The fourth-order valence-electron chi connectivity index (χ4n) is 5.69. The number of allylic oxidation sites excluding steroid dienone is 7. The van der Waals surface area contributed by atoms with Gasteiger partial charge in [-0.1, -0.05) is 127 Å². The second kappa shape index (κ2) is 30.7. The number of carbonyl (C=O) groups is 1. The van der Waals surface area contributed by atoms with Crippen LogP contribution >= 0.6 is 0 Å². The topological polar surface area (TPSA) is 169 Å². The average Bonchev–Trinajstić information content (AvgIpc) is 3.11. The summed E-state index contributed by atoms with van der Waals surface area (Å²) in [5, 5.41) is 64.2. The molecule has 0 spiro atoms. The van der Waals surface area contributed by atoms with Crippen molar-refractivity contribution in [3.63, 3.8) is 0 Å². The van der Waals surface area contributed by atoms with Crippen LogP contribution in [0, 0.1) is 0 Å². The molecule has 0 radical (unpaired) electrons. The van der Waals surface area contributed by atoms with Crippen LogP contribution in [0.5, 0.6) is 0 Å². The number of carbonyl (C=O) groups excluding carboxylic acids is 1. The average molecular weight is 710 g/mol. The molecule has 290 valence electrons. The fourth-order valence-corrected chi connectivity index (χ4v) is 5.69. The van der Waals surface area contributed by atoms with Gasteiger partial charge < -0.3 is 45.4 Å². The predicted molar refractivity (Wildman–Crippen MR) is 199 cm³/mol. The van der Waals surface area contributed by atoms with E-state index in [2.05, 4.69) is 55.6 Å². The van der Waals surface area contributed by atoms with Gasteiger partial charge in [0.05, 0.1) is 25.4 Å². The Labute approximate surface area is 302 Å². The number of aliphatic hydroxyl groups excluding tert-OH is 6. The van der Waals surface area contributed by atoms with Crippen molar-refractivity contribution in [3.8, 4) is 0 Å². The van der Waals surface area contributed by atoms with Crippen molar-refractivity contribution in [3.05, 3.63) is 48.6 Å². The zero-order valence-corrected chi connectivity index (χ0v) is 31.0. The molecule has 1 amide bonds. The number of ether oxygens (including phenoxy) is 2. The molecule has 8 unspecified atom stereocenters. The van der Waals surface area contributed by atoms with Crippen LogP contribution in [0.4, 0.5) is 0 Å². The van der Waals surface area contributed by atoms with Gasteiger partial charge in [0.1, 0.15) is 30.5 Å². The van der Waals surface area contributed by atoms with Gasteiger partial charge in [-0.2, -0.15) is 0 Å². The molecule has 0 aliphatic carbocycles. The van der Waals surface area contributed by atoms with Crippen LogP contribution in [0.15, 0.2) is 48.6 Å². The largest absolute Gasteiger partial charge is 0.394 e. The highest BCUT2D eigenvalue weighted by Crippen LogP contribution is 2.22. The first-order chi connectivity index (χ1) is 24.3. The Morgan fingerprint density at radius 3 is 1.90 bits per heavy atom. The minimum absolute atomic E-state index is 0.283. The van der Waals surface area contributed by atoms with Gasteiger partial charge in [-0.25, -0.2) is 0 Å². The van der Waals surface area contributed by atoms with E-state index in [1.54, 1.807) is 6.08 Å². The van der Waals surface area contributed by atoms with E-state index in [4.69, 9.17) is 9.47 Å². The summed E-state index contributed by atoms with van der Waals surface area (Å²) in [5.41, 5.74) is 0. The number of hydrogen-bond donors (Lipinski definition) is 7. The van der Waals surface area contributed by atoms with E-state index in [9.17, 15) is 35.4 Å². The first-order valence-corrected chi connectivity index (χ1v) is 19.5. The third-order valence-electron chi connectivity index (χ3n) is 9.01. The van der Waals surface area contributed by atoms with Gasteiger partial charge >= 0.3 is 0 Å². The van der Waals surface area contributed by atoms with Crippen molar-refractivity contribution >= 4 is 5.91 Å². The van der Waals surface area contributed by atoms with Crippen LogP contribution in [-0.4, -0.2) is 98.7 Å². The molecule has 1 rings (SSSR count). The van der Waals surface area contributed by atoms with Gasteiger partial charge in [0.25, 0.3) is 0 Å². The van der Waals surface area contributed by atoms with Crippen LogP contribution < -0.4 is 5.32 Å². The maximum atomic E-state index is 12.9. The predicted octanol–water partition coefficient (Wildman–Crippen LogP) is 5.69. The highest BCUT2D eigenvalue weighted by atomic mass is 16.7. The Balaban J connectivity index is 2.56. The minimum Gasteiger partial charge on any atom is -0.394 e. The van der Waals surface area contributed by atoms with Gasteiger partial charge in [-0.3, -0.25) is 4.79 Å². The minimum atomic E-state index is -1.62. The number of nitrogens with one attached hydrogen (secondary N) is 1. The first kappa shape index (κ1) is 46.1. The molecule has 8 atom stereocenters. The summed E-state index contributed by atoms with van der Waals surface area (Å²) in [6, 6.07) is -1.00. The molecule has 7 N–H and O–H groups in total. The Kier molecular flexibility index (Phi) is 28.3. The Bertz CT molecular complexity index is 938. The quantitative estimate of drug-likeness (QED) is 0.0282. The van der Waals surface area contributed by atoms with Gasteiger partial charge in [0.15, 0.2) is 6.29 Å². The molecule has 1 heterocycles. The SMILES string of the molecule is CCCCC/C=C\C=C/CCCCCCCC(O)C(=O)NC(COC1OC(CO)C(O)C(O)C1O)C(O)/C=C/CC/C=C/CCCCCCC. The van der Waals surface area contributed by atoms with E-state index in [1.807, 2.05) is 6.08 Å². The summed E-state index contributed by atoms with van der Waals surface area (Å²) < 4.78 is 11.1. The maximum Gasteiger partial charge on any atom is 0.249 e. The summed E-state index contributed by atoms with van der Waals surface area (Å²) in [5.74, 6) is -0.644. The van der Waals surface area contributed by atoms with E-state index in [0.29, 0.717) is 12.8 Å². The second-order valence-electron chi connectivity index (χ2n) is 13.5. The van der Waals surface area contributed by atoms with E-state index in [1.165, 1.54) is 51.4 Å². The lowest BCUT2D eigenvalue weighted by Crippen LogP contribution is -2.60. The van der Waals surface area contributed by atoms with Crippen LogP contribution in [0.25, 0.3) is 0 Å². The zero-order chi connectivity index (χ0) is 36.8. The molecule has 0 aromatic heterocycles. The monoisotopic (exact) mass is 710 g/mol. The summed E-state index contributed by atoms with van der Waals surface area (Å²) in [7, 11) is 0. The number of unbranched alkanes of at least 4 members (excludes halogenated alkanes) is 14. The van der Waals surface area contributed by atoms with Crippen molar-refractivity contribution in [2.75, 3.05) is 13.2 Å². The molecule has 1 fully saturated rings. The van der Waals surface area contributed by atoms with Crippen molar-refractivity contribution in [1.82, 2.24) is 5.32 Å². The summed E-state index contributed by atoms with van der Waals surface area (Å²) in [4.78, 5) is 12.9. The molecule has 1 aliphatic heterocycles. The fraction of sp³-hybridized carbons (Fsp3) is 0.775. The lowest BCUT2D eigenvalue weighted by Gasteiger charge is -2.40. The Morgan fingerprint density at radius 2 is 1.24 bits per heavy atom. The van der Waals surface area contributed by atoms with Crippen LogP contribution in [-0.2, 0) is 14.3 Å². The number of aliphatic hydroxyl groups is 6. The summed E-state index contributed by atoms with van der Waals surface area (Å²) in [6.45, 7) is 3.48. The Morgan fingerprint density at radius 1 is 0.700 bits per heavy atom. The molecule has 0 aromatic rings. The lowest BCUT2D eigenvalue weighted by atomic mass is 9.99. The molecule has 0 aromatic carbocycles. The molecule has 0 bridgehead atoms. The Hall–Kier alpha value is -1.89. The molecule has 0 saturated carbocycles. The van der Waals surface area contributed by atoms with Crippen LogP contribution in [0.3, 0.4) is 0 Å². The molecular weight excluding hydrogens is 638 g/mol. The molecule has 1 saturated heterocycles. The van der Waals surface area contributed by atoms with Gasteiger partial charge in [-0.05, 0) is 57.8 Å². The highest BCUT2D eigenvalue weighted by Gasteiger charge is 2.44. The molecular formula is C40H71NO9. The smallest absolute Gasteiger partial charge is 0.249 e. The maximum absolute atomic E-state index is 12.9. The van der Waals surface area contributed by atoms with E-state index in [-0.39, 0.29) is 13.0 Å². The third kappa shape index (κ3) is 21.5. The molecule has 50 heavy (non-hydrogen) atoms. The van der Waals surface area contributed by atoms with Gasteiger partial charge in [0, 0.05) is 0 Å². The molecule has 1 aliphatic rings. The van der Waals surface area contributed by atoms with E-state index < -0.39 is 61.5 Å². The zero-order valence-electron chi connectivity index (χ0n) is 31.0. The second-order valence-corrected chi connectivity index (χ2v) is 13.5. The van der Waals surface area contributed by atoms with Crippen molar-refractivity contribution in [1.29, 1.82) is 0 Å². The van der Waals surface area contributed by atoms with Crippen molar-refractivity contribution < 1.29 is 44.9 Å². The standard InChI is InChI=1S/C40H71NO9/c1-3-5-7-9-11-13-15-16-17-19-21-23-25-27-29-34(44)39(48)41-32(31-49-40-38(47)37(46)36(45)35(30-42)50-40)33(43)28-26-24-22-20-18-14-12-10-8-6-4-2/h11,13,15-16,18,20,26,28,32-38,40,42-47H,3-10,12,14,17,19,21-25,27,29-31H2,1-2H3,(H,41,48)/b13-11-,16-15-,20-18+,28-26+. The number of amides is 1. The third-order valence-corrected chi connectivity index (χ3v) is 9.01. The van der Waals surface area contributed by atoms with Crippen LogP contribution in [0.2, 0.25) is 0 Å². The summed E-state index contributed by atoms with van der Waals surface area (Å²) >= 11 is 0. The van der Waals surface area contributed by atoms with Crippen molar-refractivity contribution in [2.45, 2.75) is 185 Å². The van der Waals surface area contributed by atoms with Crippen LogP contribution in [0.1, 0.15) is 136 Å². The summed E-state index contributed by atoms with van der Waals surface area (Å²) in [6.07, 6.45) is 26.3. The normalized spacial score (nSPS) is 23.4. The van der Waals surface area contributed by atoms with E-state index in [0.717, 1.165) is 51.4 Å². The molecule has 10 nitrogen and oxygen atoms in total. The molecule has 10 heteroatoms. The van der Waals surface area contributed by atoms with Gasteiger partial charge in [0.2, 0.25) is 5.91 Å². The van der Waals surface area contributed by atoms with Gasteiger partial charge in [-0.15, -0.1) is 0 Å². The van der Waals surface area contributed by atoms with Crippen molar-refractivity contribution in [2.24, 2.45) is 0 Å². The number of hydrogen-bond acceptors (Lipinski definition) is 9.